The molecule has 2 aliphatic rings. The Morgan fingerprint density at radius 1 is 0.323 bits per heavy atom. The lowest BCUT2D eigenvalue weighted by Crippen LogP contribution is -2.16. The zero-order valence-corrected chi connectivity index (χ0v) is 38.4. The minimum absolute atomic E-state index is 0.203. The van der Waals surface area contributed by atoms with Gasteiger partial charge in [0.25, 0.3) is 0 Å². The first-order valence-electron chi connectivity index (χ1n) is 22.2. The van der Waals surface area contributed by atoms with Crippen LogP contribution in [0.3, 0.4) is 0 Å². The van der Waals surface area contributed by atoms with Gasteiger partial charge in [-0.3, -0.25) is 0 Å². The molecule has 2 aliphatic carbocycles. The minimum atomic E-state index is -0.203. The molecule has 0 radical (unpaired) electrons. The summed E-state index contributed by atoms with van der Waals surface area (Å²) in [7, 11) is 0. The number of halogens is 1. The van der Waals surface area contributed by atoms with E-state index in [0.29, 0.717) is 11.5 Å². The van der Waals surface area contributed by atoms with Crippen molar-refractivity contribution in [3.05, 3.63) is 239 Å². The second-order valence-corrected chi connectivity index (χ2v) is 18.7. The molecule has 0 saturated carbocycles. The fraction of sp³-hybridized carbons (Fsp3) is 0.100. The van der Waals surface area contributed by atoms with Gasteiger partial charge >= 0.3 is 0 Å². The van der Waals surface area contributed by atoms with Crippen molar-refractivity contribution in [1.29, 1.82) is 0 Å². The molecule has 316 valence electrons. The van der Waals surface area contributed by atoms with Gasteiger partial charge in [-0.1, -0.05) is 131 Å². The number of nitrogens with zero attached hydrogens (tertiary/aromatic N) is 2. The van der Waals surface area contributed by atoms with Gasteiger partial charge in [0.2, 0.25) is 0 Å². The average Bonchev–Trinajstić information content (AvgIpc) is 3.69. The summed E-state index contributed by atoms with van der Waals surface area (Å²) in [5, 5.41) is 0. The van der Waals surface area contributed by atoms with Gasteiger partial charge < -0.3 is 19.3 Å². The Morgan fingerprint density at radius 2 is 0.677 bits per heavy atom. The summed E-state index contributed by atoms with van der Waals surface area (Å²) < 4.78 is 14.1. The van der Waals surface area contributed by atoms with Crippen LogP contribution in [-0.2, 0) is 10.8 Å². The van der Waals surface area contributed by atoms with Crippen LogP contribution in [0.15, 0.2) is 217 Å². The zero-order valence-electron chi connectivity index (χ0n) is 36.8. The minimum Gasteiger partial charge on any atom is -0.456 e. The molecule has 65 heavy (non-hydrogen) atoms. The normalized spacial score (nSPS) is 13.6. The van der Waals surface area contributed by atoms with E-state index in [0.717, 1.165) is 50.1 Å². The van der Waals surface area contributed by atoms with Crippen LogP contribution in [0.2, 0.25) is 0 Å². The number of ether oxygens (including phenoxy) is 2. The standard InChI is InChI=1S/C60H47BrN2O2/c1-59(2)52-34-30-46(38-50(52)48-32-28-44(36-54(48)59)62(40-18-9-5-10-19-40)41-20-11-6-12-21-41)64-56-26-17-27-57(58(56)61)65-47-31-35-53-51(39-47)49-33-29-45(37-55(49)60(53,3)4)63(42-22-13-7-14-23-42)43-24-15-8-16-25-43/h5-39H,1-4H3. The van der Waals surface area contributed by atoms with Gasteiger partial charge in [0.1, 0.15) is 27.5 Å². The SMILES string of the molecule is CC1(C)c2ccc(Oc3cccc(Oc4ccc5c(c4)-c4ccc(N(c6ccccc6)c6ccccc6)cc4C5(C)C)c3Br)cc2-c2ccc(N(c3ccccc3)c3ccccc3)cc21. The van der Waals surface area contributed by atoms with Gasteiger partial charge in [-0.25, -0.2) is 0 Å². The summed E-state index contributed by atoms with van der Waals surface area (Å²) >= 11 is 3.87. The predicted octanol–water partition coefficient (Wildman–Crippen LogP) is 17.6. The average molecular weight is 908 g/mol. The number of anilines is 6. The summed E-state index contributed by atoms with van der Waals surface area (Å²) in [4.78, 5) is 4.65. The third kappa shape index (κ3) is 7.08. The molecule has 0 amide bonds. The Labute approximate surface area is 390 Å². The highest BCUT2D eigenvalue weighted by Gasteiger charge is 2.38. The molecule has 0 spiro atoms. The lowest BCUT2D eigenvalue weighted by Gasteiger charge is -2.28. The number of benzene rings is 9. The molecule has 11 rings (SSSR count). The first-order chi connectivity index (χ1) is 31.6. The van der Waals surface area contributed by atoms with Crippen LogP contribution in [0.1, 0.15) is 49.9 Å². The summed E-state index contributed by atoms with van der Waals surface area (Å²) in [6, 6.07) is 74.9. The molecule has 0 N–H and O–H groups in total. The van der Waals surface area contributed by atoms with Gasteiger partial charge in [-0.05, 0) is 170 Å². The van der Waals surface area contributed by atoms with Gasteiger partial charge in [0.15, 0.2) is 0 Å². The van der Waals surface area contributed by atoms with Crippen molar-refractivity contribution < 1.29 is 9.47 Å². The molecule has 9 aromatic carbocycles. The van der Waals surface area contributed by atoms with E-state index in [1.165, 1.54) is 44.5 Å². The second kappa shape index (κ2) is 16.0. The van der Waals surface area contributed by atoms with Gasteiger partial charge in [0.05, 0.1) is 0 Å². The summed E-state index contributed by atoms with van der Waals surface area (Å²) in [6.07, 6.45) is 0. The molecule has 0 bridgehead atoms. The maximum atomic E-state index is 6.68. The van der Waals surface area contributed by atoms with Crippen LogP contribution >= 0.6 is 15.9 Å². The molecule has 9 aromatic rings. The Bertz CT molecular complexity index is 2930. The Balaban J connectivity index is 0.870. The summed E-state index contributed by atoms with van der Waals surface area (Å²) in [6.45, 7) is 9.26. The molecule has 0 aliphatic heterocycles. The van der Waals surface area contributed by atoms with E-state index < -0.39 is 0 Å². The molecule has 0 aromatic heterocycles. The van der Waals surface area contributed by atoms with E-state index in [2.05, 4.69) is 248 Å². The topological polar surface area (TPSA) is 24.9 Å². The van der Waals surface area contributed by atoms with E-state index in [4.69, 9.17) is 9.47 Å². The first-order valence-corrected chi connectivity index (χ1v) is 23.0. The van der Waals surface area contributed by atoms with Gasteiger partial charge in [0, 0.05) is 45.0 Å². The smallest absolute Gasteiger partial charge is 0.145 e. The highest BCUT2D eigenvalue weighted by Crippen LogP contribution is 2.54. The van der Waals surface area contributed by atoms with Crippen molar-refractivity contribution in [1.82, 2.24) is 0 Å². The van der Waals surface area contributed by atoms with Crippen LogP contribution in [0.25, 0.3) is 22.3 Å². The molecular formula is C60H47BrN2O2. The molecule has 0 fully saturated rings. The molecular weight excluding hydrogens is 861 g/mol. The Hall–Kier alpha value is -7.34. The first kappa shape index (κ1) is 40.4. The van der Waals surface area contributed by atoms with Gasteiger partial charge in [-0.15, -0.1) is 0 Å². The molecule has 4 nitrogen and oxygen atoms in total. The molecule has 0 heterocycles. The number of fused-ring (bicyclic) bond motifs is 6. The van der Waals surface area contributed by atoms with E-state index in [1.54, 1.807) is 0 Å². The monoisotopic (exact) mass is 906 g/mol. The van der Waals surface area contributed by atoms with Crippen LogP contribution in [0.4, 0.5) is 34.1 Å². The molecule has 0 saturated heterocycles. The maximum absolute atomic E-state index is 6.68. The number of hydrogen-bond acceptors (Lipinski definition) is 4. The number of hydrogen-bond donors (Lipinski definition) is 0. The summed E-state index contributed by atoms with van der Waals surface area (Å²) in [5.74, 6) is 2.88. The lowest BCUT2D eigenvalue weighted by molar-refractivity contribution is 0.455. The van der Waals surface area contributed by atoms with Gasteiger partial charge in [-0.2, -0.15) is 0 Å². The predicted molar refractivity (Wildman–Crippen MR) is 272 cm³/mol. The lowest BCUT2D eigenvalue weighted by atomic mass is 9.82. The molecule has 0 atom stereocenters. The maximum Gasteiger partial charge on any atom is 0.145 e. The fourth-order valence-electron chi connectivity index (χ4n) is 9.95. The van der Waals surface area contributed by atoms with Crippen LogP contribution in [0.5, 0.6) is 23.0 Å². The van der Waals surface area contributed by atoms with E-state index in [-0.39, 0.29) is 10.8 Å². The van der Waals surface area contributed by atoms with Crippen molar-refractivity contribution in [2.45, 2.75) is 38.5 Å². The van der Waals surface area contributed by atoms with E-state index in [9.17, 15) is 0 Å². The third-order valence-electron chi connectivity index (χ3n) is 13.2. The Morgan fingerprint density at radius 3 is 1.03 bits per heavy atom. The molecule has 5 heteroatoms. The highest BCUT2D eigenvalue weighted by molar-refractivity contribution is 9.10. The van der Waals surface area contributed by atoms with Crippen LogP contribution in [-0.4, -0.2) is 0 Å². The van der Waals surface area contributed by atoms with Crippen molar-refractivity contribution in [2.24, 2.45) is 0 Å². The highest BCUT2D eigenvalue weighted by atomic mass is 79.9. The number of rotatable bonds is 10. The largest absolute Gasteiger partial charge is 0.456 e. The van der Waals surface area contributed by atoms with Crippen LogP contribution in [0, 0.1) is 0 Å². The second-order valence-electron chi connectivity index (χ2n) is 17.9. The van der Waals surface area contributed by atoms with Crippen molar-refractivity contribution in [3.63, 3.8) is 0 Å². The van der Waals surface area contributed by atoms with Crippen molar-refractivity contribution in [3.8, 4) is 45.3 Å². The Kier molecular flexibility index (Phi) is 9.97. The summed E-state index contributed by atoms with van der Waals surface area (Å²) in [5.41, 5.74) is 16.3. The molecule has 0 unspecified atom stereocenters. The van der Waals surface area contributed by atoms with E-state index in [1.807, 2.05) is 18.2 Å². The quantitative estimate of drug-likeness (QED) is 0.136. The van der Waals surface area contributed by atoms with Crippen molar-refractivity contribution >= 4 is 50.1 Å². The van der Waals surface area contributed by atoms with Crippen molar-refractivity contribution in [2.75, 3.05) is 9.80 Å². The van der Waals surface area contributed by atoms with Crippen LogP contribution < -0.4 is 19.3 Å². The number of para-hydroxylation sites is 4. The van der Waals surface area contributed by atoms with E-state index >= 15 is 0 Å². The zero-order chi connectivity index (χ0) is 44.3. The third-order valence-corrected chi connectivity index (χ3v) is 14.0. The fourth-order valence-corrected chi connectivity index (χ4v) is 10.4.